The average Bonchev–Trinajstić information content (AvgIpc) is 2.51. The Bertz CT molecular complexity index is 917. The van der Waals surface area contributed by atoms with Crippen molar-refractivity contribution in [1.82, 2.24) is 0 Å². The monoisotopic (exact) mass is 406 g/mol. The first kappa shape index (κ1) is 20.1. The second-order valence-electron chi connectivity index (χ2n) is 5.38. The van der Waals surface area contributed by atoms with Gasteiger partial charge in [0.25, 0.3) is 0 Å². The molecule has 5 nitrogen and oxygen atoms in total. The molecule has 26 heavy (non-hydrogen) atoms. The van der Waals surface area contributed by atoms with E-state index in [0.29, 0.717) is 21.1 Å². The molecule has 0 saturated carbocycles. The quantitative estimate of drug-likeness (QED) is 0.822. The fourth-order valence-electron chi connectivity index (χ4n) is 2.13. The molecular weight excluding hydrogens is 393 g/mol. The second-order valence-corrected chi connectivity index (χ2v) is 7.72. The van der Waals surface area contributed by atoms with Crippen LogP contribution >= 0.6 is 11.6 Å². The molecule has 1 N–H and O–H groups in total. The van der Waals surface area contributed by atoms with Gasteiger partial charge in [-0.1, -0.05) is 23.7 Å². The van der Waals surface area contributed by atoms with Crippen LogP contribution in [0.5, 0.6) is 0 Å². The molecule has 0 saturated heterocycles. The van der Waals surface area contributed by atoms with E-state index < -0.39 is 34.2 Å². The highest BCUT2D eigenvalue weighted by Crippen LogP contribution is 2.32. The fraction of sp³-hybridized carbons (Fsp3) is 0.188. The fourth-order valence-corrected chi connectivity index (χ4v) is 3.17. The Morgan fingerprint density at radius 1 is 1.15 bits per heavy atom. The van der Waals surface area contributed by atoms with Crippen LogP contribution in [0, 0.1) is 0 Å². The lowest BCUT2D eigenvalue weighted by molar-refractivity contribution is -0.137. The van der Waals surface area contributed by atoms with Gasteiger partial charge < -0.3 is 5.32 Å². The van der Waals surface area contributed by atoms with Crippen LogP contribution in [0.15, 0.2) is 48.5 Å². The van der Waals surface area contributed by atoms with Crippen molar-refractivity contribution in [2.24, 2.45) is 0 Å². The molecule has 2 rings (SSSR count). The van der Waals surface area contributed by atoms with Crippen molar-refractivity contribution in [2.45, 2.75) is 6.18 Å². The average molecular weight is 407 g/mol. The maximum atomic E-state index is 12.9. The van der Waals surface area contributed by atoms with Crippen LogP contribution in [0.4, 0.5) is 24.5 Å². The lowest BCUT2D eigenvalue weighted by Crippen LogP contribution is -2.37. The van der Waals surface area contributed by atoms with Crippen molar-refractivity contribution in [1.29, 1.82) is 0 Å². The lowest BCUT2D eigenvalue weighted by atomic mass is 10.2. The SMILES string of the molecule is CS(=O)(=O)N(CC(=O)Nc1cccc(Cl)c1)c1cccc(C(F)(F)F)c1. The first-order chi connectivity index (χ1) is 12.0. The molecule has 0 aromatic heterocycles. The van der Waals surface area contributed by atoms with Crippen molar-refractivity contribution in [3.8, 4) is 0 Å². The summed E-state index contributed by atoms with van der Waals surface area (Å²) in [6.45, 7) is -0.688. The highest BCUT2D eigenvalue weighted by Gasteiger charge is 2.32. The summed E-state index contributed by atoms with van der Waals surface area (Å²) in [6, 6.07) is 9.91. The zero-order valence-electron chi connectivity index (χ0n) is 13.4. The summed E-state index contributed by atoms with van der Waals surface area (Å²) in [7, 11) is -4.00. The van der Waals surface area contributed by atoms with E-state index in [-0.39, 0.29) is 5.69 Å². The van der Waals surface area contributed by atoms with Gasteiger partial charge >= 0.3 is 6.18 Å². The number of nitrogens with zero attached hydrogens (tertiary/aromatic N) is 1. The molecule has 2 aromatic rings. The normalized spacial score (nSPS) is 11.9. The Morgan fingerprint density at radius 3 is 2.38 bits per heavy atom. The van der Waals surface area contributed by atoms with E-state index in [0.717, 1.165) is 18.4 Å². The van der Waals surface area contributed by atoms with Crippen LogP contribution in [0.25, 0.3) is 0 Å². The number of carbonyl (C=O) groups excluding carboxylic acids is 1. The third kappa shape index (κ3) is 5.37. The molecule has 0 aliphatic heterocycles. The summed E-state index contributed by atoms with van der Waals surface area (Å²) < 4.78 is 63.1. The van der Waals surface area contributed by atoms with Crippen molar-refractivity contribution in [3.05, 3.63) is 59.1 Å². The van der Waals surface area contributed by atoms with Gasteiger partial charge in [-0.15, -0.1) is 0 Å². The van der Waals surface area contributed by atoms with Gasteiger partial charge in [-0.25, -0.2) is 8.42 Å². The summed E-state index contributed by atoms with van der Waals surface area (Å²) >= 11 is 5.80. The predicted molar refractivity (Wildman–Crippen MR) is 93.7 cm³/mol. The van der Waals surface area contributed by atoms with Crippen LogP contribution in [-0.2, 0) is 21.0 Å². The van der Waals surface area contributed by atoms with Crippen LogP contribution in [0.1, 0.15) is 5.56 Å². The standard InChI is InChI=1S/C16H14ClF3N2O3S/c1-26(24,25)22(14-7-2-4-11(8-14)16(18,19)20)10-15(23)21-13-6-3-5-12(17)9-13/h2-9H,10H2,1H3,(H,21,23). The van der Waals surface area contributed by atoms with Crippen LogP contribution in [0.2, 0.25) is 5.02 Å². The van der Waals surface area contributed by atoms with Gasteiger partial charge in [-0.2, -0.15) is 13.2 Å². The van der Waals surface area contributed by atoms with Crippen LogP contribution in [-0.4, -0.2) is 27.1 Å². The minimum Gasteiger partial charge on any atom is -0.324 e. The summed E-state index contributed by atoms with van der Waals surface area (Å²) in [5, 5.41) is 2.81. The minimum absolute atomic E-state index is 0.261. The van der Waals surface area contributed by atoms with Gasteiger partial charge in [0.1, 0.15) is 6.54 Å². The molecule has 2 aromatic carbocycles. The number of hydrogen-bond donors (Lipinski definition) is 1. The second kappa shape index (κ2) is 7.55. The number of amides is 1. The first-order valence-corrected chi connectivity index (χ1v) is 9.40. The lowest BCUT2D eigenvalue weighted by Gasteiger charge is -2.22. The number of nitrogens with one attached hydrogen (secondary N) is 1. The molecular formula is C16H14ClF3N2O3S. The third-order valence-electron chi connectivity index (χ3n) is 3.26. The number of benzene rings is 2. The first-order valence-electron chi connectivity index (χ1n) is 7.17. The molecule has 0 aliphatic carbocycles. The number of rotatable bonds is 5. The molecule has 0 unspecified atom stereocenters. The van der Waals surface area contributed by atoms with Crippen LogP contribution < -0.4 is 9.62 Å². The Hall–Kier alpha value is -2.26. The van der Waals surface area contributed by atoms with E-state index in [1.54, 1.807) is 18.2 Å². The van der Waals surface area contributed by atoms with Gasteiger partial charge in [0.05, 0.1) is 17.5 Å². The highest BCUT2D eigenvalue weighted by molar-refractivity contribution is 7.92. The summed E-state index contributed by atoms with van der Waals surface area (Å²) in [5.74, 6) is -0.727. The smallest absolute Gasteiger partial charge is 0.324 e. The molecule has 0 aliphatic rings. The van der Waals surface area contributed by atoms with Crippen molar-refractivity contribution in [3.63, 3.8) is 0 Å². The Balaban J connectivity index is 2.28. The van der Waals surface area contributed by atoms with Gasteiger partial charge in [0.15, 0.2) is 0 Å². The predicted octanol–water partition coefficient (Wildman–Crippen LogP) is 3.76. The van der Waals surface area contributed by atoms with Gasteiger partial charge in [-0.3, -0.25) is 9.10 Å². The van der Waals surface area contributed by atoms with E-state index in [2.05, 4.69) is 5.32 Å². The number of sulfonamides is 1. The minimum atomic E-state index is -4.64. The Morgan fingerprint density at radius 2 is 1.81 bits per heavy atom. The molecule has 10 heteroatoms. The number of anilines is 2. The number of hydrogen-bond acceptors (Lipinski definition) is 3. The maximum absolute atomic E-state index is 12.9. The van der Waals surface area contributed by atoms with Crippen molar-refractivity contribution in [2.75, 3.05) is 22.4 Å². The molecule has 140 valence electrons. The maximum Gasteiger partial charge on any atom is 0.416 e. The Labute approximate surface area is 153 Å². The van der Waals surface area contributed by atoms with Gasteiger partial charge in [-0.05, 0) is 36.4 Å². The molecule has 0 bridgehead atoms. The van der Waals surface area contributed by atoms with Crippen molar-refractivity contribution < 1.29 is 26.4 Å². The van der Waals surface area contributed by atoms with Crippen molar-refractivity contribution >= 4 is 38.9 Å². The molecule has 0 atom stereocenters. The zero-order chi connectivity index (χ0) is 19.5. The number of carbonyl (C=O) groups is 1. The summed E-state index contributed by atoms with van der Waals surface area (Å²) in [6.07, 6.45) is -3.83. The molecule has 0 fully saturated rings. The van der Waals surface area contributed by atoms with E-state index in [9.17, 15) is 26.4 Å². The molecule has 0 spiro atoms. The van der Waals surface area contributed by atoms with Gasteiger partial charge in [0, 0.05) is 10.7 Å². The largest absolute Gasteiger partial charge is 0.416 e. The van der Waals surface area contributed by atoms with E-state index in [1.165, 1.54) is 12.1 Å². The Kier molecular flexibility index (Phi) is 5.82. The topological polar surface area (TPSA) is 66.5 Å². The summed E-state index contributed by atoms with van der Waals surface area (Å²) in [4.78, 5) is 12.2. The van der Waals surface area contributed by atoms with E-state index in [4.69, 9.17) is 11.6 Å². The highest BCUT2D eigenvalue weighted by atomic mass is 35.5. The van der Waals surface area contributed by atoms with E-state index in [1.807, 2.05) is 0 Å². The van der Waals surface area contributed by atoms with Crippen LogP contribution in [0.3, 0.4) is 0 Å². The summed E-state index contributed by atoms with van der Waals surface area (Å²) in [5.41, 5.74) is -0.942. The third-order valence-corrected chi connectivity index (χ3v) is 4.63. The number of halogens is 4. The van der Waals surface area contributed by atoms with Gasteiger partial charge in [0.2, 0.25) is 15.9 Å². The number of alkyl halides is 3. The molecule has 0 radical (unpaired) electrons. The zero-order valence-corrected chi connectivity index (χ0v) is 15.0. The molecule has 1 amide bonds. The van der Waals surface area contributed by atoms with E-state index >= 15 is 0 Å². The molecule has 0 heterocycles.